The molecule has 1 aromatic carbocycles. The molecule has 3 aromatic heterocycles. The molecule has 3 N–H and O–H groups in total. The third-order valence-electron chi connectivity index (χ3n) is 5.84. The zero-order chi connectivity index (χ0) is 23.8. The molecule has 1 aliphatic carbocycles. The van der Waals surface area contributed by atoms with Crippen molar-refractivity contribution in [1.82, 2.24) is 35.0 Å². The number of anilines is 1. The van der Waals surface area contributed by atoms with Gasteiger partial charge >= 0.3 is 0 Å². The van der Waals surface area contributed by atoms with Crippen molar-refractivity contribution < 1.29 is 13.6 Å². The number of nitrogens with zero attached hydrogens (tertiary/aromatic N) is 5. The third-order valence-corrected chi connectivity index (χ3v) is 6.06. The lowest BCUT2D eigenvalue weighted by molar-refractivity contribution is 0.0915. The molecule has 1 fully saturated rings. The fourth-order valence-corrected chi connectivity index (χ4v) is 4.48. The Bertz CT molecular complexity index is 1370. The Morgan fingerprint density at radius 3 is 2.82 bits per heavy atom. The number of hydrogen-bond donors (Lipinski definition) is 3. The van der Waals surface area contributed by atoms with Gasteiger partial charge in [0.1, 0.15) is 12.1 Å². The van der Waals surface area contributed by atoms with Crippen molar-refractivity contribution in [3.05, 3.63) is 53.3 Å². The number of nitrogens with one attached hydrogen (secondary N) is 3. The van der Waals surface area contributed by atoms with Gasteiger partial charge < -0.3 is 15.6 Å². The van der Waals surface area contributed by atoms with Crippen LogP contribution in [0.25, 0.3) is 22.3 Å². The maximum absolute atomic E-state index is 14.6. The van der Waals surface area contributed by atoms with E-state index in [4.69, 9.17) is 11.6 Å². The number of carbonyl (C=O) groups excluding carboxylic acids is 1. The molecule has 9 nitrogen and oxygen atoms in total. The summed E-state index contributed by atoms with van der Waals surface area (Å²) in [6.45, 7) is 0. The third kappa shape index (κ3) is 4.43. The highest BCUT2D eigenvalue weighted by molar-refractivity contribution is 6.31. The monoisotopic (exact) mass is 486 g/mol. The van der Waals surface area contributed by atoms with Crippen LogP contribution < -0.4 is 10.6 Å². The van der Waals surface area contributed by atoms with Crippen LogP contribution in [0, 0.1) is 11.6 Å². The van der Waals surface area contributed by atoms with Crippen molar-refractivity contribution in [2.75, 3.05) is 5.32 Å². The summed E-state index contributed by atoms with van der Waals surface area (Å²) in [7, 11) is 1.69. The number of H-pyrrole nitrogens is 1. The van der Waals surface area contributed by atoms with Gasteiger partial charge in [0.05, 0.1) is 11.7 Å². The molecule has 0 aliphatic heterocycles. The number of hydrogen-bond acceptors (Lipinski definition) is 6. The molecule has 5 rings (SSSR count). The molecule has 3 heterocycles. The van der Waals surface area contributed by atoms with Gasteiger partial charge in [-0.2, -0.15) is 0 Å². The van der Waals surface area contributed by atoms with E-state index in [1.54, 1.807) is 19.3 Å². The van der Waals surface area contributed by atoms with E-state index < -0.39 is 11.6 Å². The lowest BCUT2D eigenvalue weighted by atomic mass is 9.91. The number of halogens is 3. The molecule has 0 bridgehead atoms. The SMILES string of the molecule is Cn1cnc(C(=O)N[C@@H]2CCC[C@H](Nc3nc(-c4c[nH]c5c(F)cc(Cl)cc45)ncc3F)C2)n1. The Labute approximate surface area is 198 Å². The molecule has 176 valence electrons. The normalized spacial score (nSPS) is 18.2. The van der Waals surface area contributed by atoms with Crippen molar-refractivity contribution in [2.24, 2.45) is 7.05 Å². The summed E-state index contributed by atoms with van der Waals surface area (Å²) < 4.78 is 30.2. The highest BCUT2D eigenvalue weighted by Crippen LogP contribution is 2.31. The van der Waals surface area contributed by atoms with E-state index in [1.807, 2.05) is 0 Å². The van der Waals surface area contributed by atoms with Crippen LogP contribution in [-0.2, 0) is 7.05 Å². The molecule has 0 unspecified atom stereocenters. The van der Waals surface area contributed by atoms with Gasteiger partial charge in [-0.1, -0.05) is 11.6 Å². The molecule has 0 spiro atoms. The van der Waals surface area contributed by atoms with E-state index in [-0.39, 0.29) is 46.0 Å². The van der Waals surface area contributed by atoms with E-state index in [0.717, 1.165) is 25.5 Å². The van der Waals surface area contributed by atoms with Crippen LogP contribution in [-0.4, -0.2) is 47.7 Å². The number of aromatic nitrogens is 6. The van der Waals surface area contributed by atoms with Gasteiger partial charge in [-0.25, -0.2) is 23.7 Å². The predicted octanol–water partition coefficient (Wildman–Crippen LogP) is 3.84. The van der Waals surface area contributed by atoms with Gasteiger partial charge in [-0.3, -0.25) is 9.48 Å². The second-order valence-corrected chi connectivity index (χ2v) is 8.76. The zero-order valence-corrected chi connectivity index (χ0v) is 18.9. The van der Waals surface area contributed by atoms with Crippen molar-refractivity contribution in [3.8, 4) is 11.4 Å². The van der Waals surface area contributed by atoms with E-state index in [0.29, 0.717) is 17.4 Å². The number of benzene rings is 1. The van der Waals surface area contributed by atoms with Crippen molar-refractivity contribution in [2.45, 2.75) is 37.8 Å². The highest BCUT2D eigenvalue weighted by Gasteiger charge is 2.26. The average Bonchev–Trinajstić information content (AvgIpc) is 3.42. The molecule has 2 atom stereocenters. The van der Waals surface area contributed by atoms with E-state index >= 15 is 0 Å². The summed E-state index contributed by atoms with van der Waals surface area (Å²) in [6, 6.07) is 2.61. The van der Waals surface area contributed by atoms with Gasteiger partial charge in [0, 0.05) is 41.3 Å². The molecular formula is C22H21ClF2N8O. The molecule has 0 radical (unpaired) electrons. The molecule has 1 amide bonds. The zero-order valence-electron chi connectivity index (χ0n) is 18.1. The summed E-state index contributed by atoms with van der Waals surface area (Å²) >= 11 is 6.01. The van der Waals surface area contributed by atoms with E-state index in [9.17, 15) is 13.6 Å². The van der Waals surface area contributed by atoms with Gasteiger partial charge in [0.15, 0.2) is 17.5 Å². The second kappa shape index (κ2) is 8.98. The predicted molar refractivity (Wildman–Crippen MR) is 122 cm³/mol. The topological polar surface area (TPSA) is 113 Å². The smallest absolute Gasteiger partial charge is 0.291 e. The van der Waals surface area contributed by atoms with Crippen LogP contribution in [0.3, 0.4) is 0 Å². The van der Waals surface area contributed by atoms with Crippen LogP contribution in [0.4, 0.5) is 14.6 Å². The fraction of sp³-hybridized carbons (Fsp3) is 0.318. The number of aryl methyl sites for hydroxylation is 1. The maximum atomic E-state index is 14.6. The standard InChI is InChI=1S/C22H21ClF2N8O/c1-33-10-28-21(32-33)22(34)30-13-4-2-3-12(7-13)29-20-17(25)9-27-19(31-20)15-8-26-18-14(15)5-11(23)6-16(18)24/h5-6,8-10,12-13,26H,2-4,7H2,1H3,(H,30,34)(H,27,29,31)/t12-,13+/m0/s1. The van der Waals surface area contributed by atoms with Crippen LogP contribution in [0.15, 0.2) is 30.9 Å². The average molecular weight is 487 g/mol. The van der Waals surface area contributed by atoms with Gasteiger partial charge in [0.25, 0.3) is 5.91 Å². The van der Waals surface area contributed by atoms with Crippen molar-refractivity contribution >= 4 is 34.2 Å². The Morgan fingerprint density at radius 1 is 1.21 bits per heavy atom. The van der Waals surface area contributed by atoms with Crippen LogP contribution in [0.1, 0.15) is 36.3 Å². The molecule has 0 saturated heterocycles. The Hall–Kier alpha value is -3.60. The summed E-state index contributed by atoms with van der Waals surface area (Å²) in [5.74, 6) is -1.04. The number of aromatic amines is 1. The summed E-state index contributed by atoms with van der Waals surface area (Å²) in [5.41, 5.74) is 0.784. The molecule has 34 heavy (non-hydrogen) atoms. The highest BCUT2D eigenvalue weighted by atomic mass is 35.5. The summed E-state index contributed by atoms with van der Waals surface area (Å²) in [4.78, 5) is 27.7. The van der Waals surface area contributed by atoms with E-state index in [2.05, 4.69) is 35.7 Å². The lowest BCUT2D eigenvalue weighted by Crippen LogP contribution is -2.42. The van der Waals surface area contributed by atoms with Gasteiger partial charge in [-0.15, -0.1) is 5.10 Å². The molecule has 12 heteroatoms. The minimum Gasteiger partial charge on any atom is -0.365 e. The maximum Gasteiger partial charge on any atom is 0.291 e. The largest absolute Gasteiger partial charge is 0.365 e. The first-order valence-electron chi connectivity index (χ1n) is 10.8. The summed E-state index contributed by atoms with van der Waals surface area (Å²) in [5, 5.41) is 10.9. The summed E-state index contributed by atoms with van der Waals surface area (Å²) in [6.07, 6.45) is 7.14. The van der Waals surface area contributed by atoms with Crippen LogP contribution in [0.5, 0.6) is 0 Å². The first-order valence-corrected chi connectivity index (χ1v) is 11.2. The molecule has 1 aliphatic rings. The number of carbonyl (C=O) groups is 1. The molecule has 4 aromatic rings. The van der Waals surface area contributed by atoms with Crippen molar-refractivity contribution in [1.29, 1.82) is 0 Å². The van der Waals surface area contributed by atoms with Crippen molar-refractivity contribution in [3.63, 3.8) is 0 Å². The number of amides is 1. The minimum atomic E-state index is -0.600. The number of fused-ring (bicyclic) bond motifs is 1. The van der Waals surface area contributed by atoms with Gasteiger partial charge in [0.2, 0.25) is 5.82 Å². The Balaban J connectivity index is 1.33. The number of rotatable bonds is 5. The van der Waals surface area contributed by atoms with Crippen LogP contribution in [0.2, 0.25) is 5.02 Å². The Kier molecular flexibility index (Phi) is 5.86. The quantitative estimate of drug-likeness (QED) is 0.395. The second-order valence-electron chi connectivity index (χ2n) is 8.32. The molecular weight excluding hydrogens is 466 g/mol. The Morgan fingerprint density at radius 2 is 2.03 bits per heavy atom. The lowest BCUT2D eigenvalue weighted by Gasteiger charge is -2.30. The van der Waals surface area contributed by atoms with E-state index in [1.165, 1.54) is 17.1 Å². The van der Waals surface area contributed by atoms with Crippen LogP contribution >= 0.6 is 11.6 Å². The molecule has 1 saturated carbocycles. The minimum absolute atomic E-state index is 0.0465. The first kappa shape index (κ1) is 22.2. The van der Waals surface area contributed by atoms with Gasteiger partial charge in [-0.05, 0) is 37.8 Å². The first-order chi connectivity index (χ1) is 16.4. The fourth-order valence-electron chi connectivity index (χ4n) is 4.28.